The van der Waals surface area contributed by atoms with Crippen molar-refractivity contribution in [3.63, 3.8) is 0 Å². The Hall–Kier alpha value is -1.36. The van der Waals surface area contributed by atoms with Crippen molar-refractivity contribution in [3.8, 4) is 0 Å². The van der Waals surface area contributed by atoms with Crippen LogP contribution in [0.2, 0.25) is 0 Å². The molecule has 102 valence electrons. The van der Waals surface area contributed by atoms with Crippen LogP contribution in [0.15, 0.2) is 6.07 Å². The van der Waals surface area contributed by atoms with E-state index in [1.165, 1.54) is 0 Å². The third-order valence-corrected chi connectivity index (χ3v) is 2.93. The largest absolute Gasteiger partial charge is 0.393 e. The van der Waals surface area contributed by atoms with Gasteiger partial charge in [0.25, 0.3) is 5.91 Å². The van der Waals surface area contributed by atoms with Gasteiger partial charge in [-0.15, -0.1) is 0 Å². The van der Waals surface area contributed by atoms with Gasteiger partial charge in [0.1, 0.15) is 5.69 Å². The number of aromatic nitrogens is 2. The SMILES string of the molecule is CCn1nc(C)cc1C(=O)NCCC(O)C(C)C. The molecule has 5 nitrogen and oxygen atoms in total. The van der Waals surface area contributed by atoms with Crippen LogP contribution in [-0.4, -0.2) is 33.4 Å². The second kappa shape index (κ2) is 6.54. The maximum atomic E-state index is 11.9. The van der Waals surface area contributed by atoms with Gasteiger partial charge in [-0.3, -0.25) is 9.48 Å². The lowest BCUT2D eigenvalue weighted by atomic mass is 10.0. The molecule has 1 aromatic heterocycles. The van der Waals surface area contributed by atoms with E-state index in [0.717, 1.165) is 5.69 Å². The third kappa shape index (κ3) is 3.84. The minimum absolute atomic E-state index is 0.131. The van der Waals surface area contributed by atoms with E-state index in [0.29, 0.717) is 25.2 Å². The zero-order valence-corrected chi connectivity index (χ0v) is 11.6. The fourth-order valence-corrected chi connectivity index (χ4v) is 1.73. The van der Waals surface area contributed by atoms with Crippen LogP contribution >= 0.6 is 0 Å². The molecule has 1 unspecified atom stereocenters. The maximum absolute atomic E-state index is 11.9. The first-order chi connectivity index (χ1) is 8.45. The molecule has 0 aliphatic carbocycles. The van der Waals surface area contributed by atoms with E-state index in [1.807, 2.05) is 27.7 Å². The summed E-state index contributed by atoms with van der Waals surface area (Å²) in [5.74, 6) is 0.0822. The summed E-state index contributed by atoms with van der Waals surface area (Å²) in [5.41, 5.74) is 1.42. The van der Waals surface area contributed by atoms with Crippen molar-refractivity contribution in [3.05, 3.63) is 17.5 Å². The van der Waals surface area contributed by atoms with E-state index in [9.17, 15) is 9.90 Å². The summed E-state index contributed by atoms with van der Waals surface area (Å²) in [5, 5.41) is 16.7. The number of carbonyl (C=O) groups excluding carboxylic acids is 1. The molecule has 1 heterocycles. The molecular weight excluding hydrogens is 230 g/mol. The summed E-state index contributed by atoms with van der Waals surface area (Å²) in [7, 11) is 0. The minimum atomic E-state index is -0.372. The molecule has 0 aliphatic heterocycles. The molecule has 0 bridgehead atoms. The van der Waals surface area contributed by atoms with Crippen molar-refractivity contribution in [2.24, 2.45) is 5.92 Å². The smallest absolute Gasteiger partial charge is 0.269 e. The van der Waals surface area contributed by atoms with Crippen molar-refractivity contribution in [2.45, 2.75) is 46.8 Å². The maximum Gasteiger partial charge on any atom is 0.269 e. The molecule has 0 aliphatic rings. The van der Waals surface area contributed by atoms with Gasteiger partial charge in [0.2, 0.25) is 0 Å². The number of aryl methyl sites for hydroxylation is 2. The summed E-state index contributed by atoms with van der Waals surface area (Å²) >= 11 is 0. The number of aliphatic hydroxyl groups excluding tert-OH is 1. The summed E-state index contributed by atoms with van der Waals surface area (Å²) in [4.78, 5) is 11.9. The molecule has 0 spiro atoms. The van der Waals surface area contributed by atoms with Crippen molar-refractivity contribution in [2.75, 3.05) is 6.54 Å². The predicted octanol–water partition coefficient (Wildman–Crippen LogP) is 1.35. The number of rotatable bonds is 6. The van der Waals surface area contributed by atoms with Crippen LogP contribution in [0.5, 0.6) is 0 Å². The lowest BCUT2D eigenvalue weighted by Gasteiger charge is -2.14. The first kappa shape index (κ1) is 14.7. The molecule has 0 fully saturated rings. The number of hydrogen-bond donors (Lipinski definition) is 2. The van der Waals surface area contributed by atoms with Crippen LogP contribution in [-0.2, 0) is 6.54 Å². The average Bonchev–Trinajstić information content (AvgIpc) is 2.70. The van der Waals surface area contributed by atoms with E-state index in [4.69, 9.17) is 0 Å². The topological polar surface area (TPSA) is 67.2 Å². The third-order valence-electron chi connectivity index (χ3n) is 2.93. The summed E-state index contributed by atoms with van der Waals surface area (Å²) in [6.45, 7) is 8.89. The molecule has 2 N–H and O–H groups in total. The van der Waals surface area contributed by atoms with E-state index >= 15 is 0 Å². The number of nitrogens with zero attached hydrogens (tertiary/aromatic N) is 2. The van der Waals surface area contributed by atoms with Crippen LogP contribution in [0, 0.1) is 12.8 Å². The lowest BCUT2D eigenvalue weighted by molar-refractivity contribution is 0.0910. The molecule has 0 saturated heterocycles. The zero-order valence-electron chi connectivity index (χ0n) is 11.6. The first-order valence-corrected chi connectivity index (χ1v) is 6.46. The summed E-state index contributed by atoms with van der Waals surface area (Å²) < 4.78 is 1.68. The standard InChI is InChI=1S/C13H23N3O2/c1-5-16-11(8-10(4)15-16)13(18)14-7-6-12(17)9(2)3/h8-9,12,17H,5-7H2,1-4H3,(H,14,18). The molecule has 18 heavy (non-hydrogen) atoms. The Labute approximate surface area is 108 Å². The highest BCUT2D eigenvalue weighted by molar-refractivity contribution is 5.92. The van der Waals surface area contributed by atoms with Gasteiger partial charge < -0.3 is 10.4 Å². The molecule has 0 radical (unpaired) electrons. The van der Waals surface area contributed by atoms with Gasteiger partial charge in [-0.1, -0.05) is 13.8 Å². The van der Waals surface area contributed by atoms with Gasteiger partial charge in [0.15, 0.2) is 0 Å². The fourth-order valence-electron chi connectivity index (χ4n) is 1.73. The van der Waals surface area contributed by atoms with Crippen molar-refractivity contribution < 1.29 is 9.90 Å². The Balaban J connectivity index is 2.50. The molecule has 1 atom stereocenters. The number of nitrogens with one attached hydrogen (secondary N) is 1. The molecular formula is C13H23N3O2. The molecule has 1 amide bonds. The van der Waals surface area contributed by atoms with Crippen molar-refractivity contribution >= 4 is 5.91 Å². The van der Waals surface area contributed by atoms with E-state index in [-0.39, 0.29) is 17.9 Å². The Morgan fingerprint density at radius 3 is 2.78 bits per heavy atom. The van der Waals surface area contributed by atoms with E-state index in [1.54, 1.807) is 10.7 Å². The highest BCUT2D eigenvalue weighted by Crippen LogP contribution is 2.06. The Morgan fingerprint density at radius 2 is 2.22 bits per heavy atom. The Bertz CT molecular complexity index is 399. The Kier molecular flexibility index (Phi) is 5.34. The predicted molar refractivity (Wildman–Crippen MR) is 70.4 cm³/mol. The van der Waals surface area contributed by atoms with Gasteiger partial charge in [-0.2, -0.15) is 5.10 Å². The zero-order chi connectivity index (χ0) is 13.7. The average molecular weight is 253 g/mol. The summed E-state index contributed by atoms with van der Waals surface area (Å²) in [6, 6.07) is 1.78. The van der Waals surface area contributed by atoms with Crippen LogP contribution < -0.4 is 5.32 Å². The van der Waals surface area contributed by atoms with Crippen LogP contribution in [0.1, 0.15) is 43.4 Å². The van der Waals surface area contributed by atoms with Gasteiger partial charge in [-0.05, 0) is 32.3 Å². The second-order valence-corrected chi connectivity index (χ2v) is 4.84. The van der Waals surface area contributed by atoms with Gasteiger partial charge in [0, 0.05) is 13.1 Å². The molecule has 0 aromatic carbocycles. The van der Waals surface area contributed by atoms with Crippen LogP contribution in [0.3, 0.4) is 0 Å². The van der Waals surface area contributed by atoms with E-state index < -0.39 is 0 Å². The summed E-state index contributed by atoms with van der Waals surface area (Å²) in [6.07, 6.45) is 0.200. The highest BCUT2D eigenvalue weighted by atomic mass is 16.3. The lowest BCUT2D eigenvalue weighted by Crippen LogP contribution is -2.30. The van der Waals surface area contributed by atoms with Crippen molar-refractivity contribution in [1.82, 2.24) is 15.1 Å². The van der Waals surface area contributed by atoms with Crippen molar-refractivity contribution in [1.29, 1.82) is 0 Å². The number of carbonyl (C=O) groups is 1. The van der Waals surface area contributed by atoms with Gasteiger partial charge >= 0.3 is 0 Å². The monoisotopic (exact) mass is 253 g/mol. The van der Waals surface area contributed by atoms with Gasteiger partial charge in [-0.25, -0.2) is 0 Å². The molecule has 1 aromatic rings. The minimum Gasteiger partial charge on any atom is -0.393 e. The van der Waals surface area contributed by atoms with Gasteiger partial charge in [0.05, 0.1) is 11.8 Å². The van der Waals surface area contributed by atoms with Crippen LogP contribution in [0.4, 0.5) is 0 Å². The van der Waals surface area contributed by atoms with E-state index in [2.05, 4.69) is 10.4 Å². The highest BCUT2D eigenvalue weighted by Gasteiger charge is 2.14. The number of hydrogen-bond acceptors (Lipinski definition) is 3. The Morgan fingerprint density at radius 1 is 1.56 bits per heavy atom. The molecule has 0 saturated carbocycles. The number of amides is 1. The molecule has 1 rings (SSSR count). The number of aliphatic hydroxyl groups is 1. The normalized spacial score (nSPS) is 12.8. The first-order valence-electron chi connectivity index (χ1n) is 6.46. The molecule has 5 heteroatoms. The van der Waals surface area contributed by atoms with Crippen LogP contribution in [0.25, 0.3) is 0 Å². The fraction of sp³-hybridized carbons (Fsp3) is 0.692. The quantitative estimate of drug-likeness (QED) is 0.804. The second-order valence-electron chi connectivity index (χ2n) is 4.84.